The first-order valence-electron chi connectivity index (χ1n) is 10.7. The lowest BCUT2D eigenvalue weighted by atomic mass is 9.82. The molecular formula is C23H31N3O3S2. The average molecular weight is 462 g/mol. The summed E-state index contributed by atoms with van der Waals surface area (Å²) < 4.78 is 0.706. The van der Waals surface area contributed by atoms with Gasteiger partial charge in [-0.25, -0.2) is 9.78 Å². The van der Waals surface area contributed by atoms with Gasteiger partial charge >= 0.3 is 5.97 Å². The quantitative estimate of drug-likeness (QED) is 0.517. The summed E-state index contributed by atoms with van der Waals surface area (Å²) in [6, 6.07) is 6.16. The Labute approximate surface area is 192 Å². The van der Waals surface area contributed by atoms with E-state index in [2.05, 4.69) is 50.9 Å². The third-order valence-electron chi connectivity index (χ3n) is 5.80. The summed E-state index contributed by atoms with van der Waals surface area (Å²) >= 11 is 2.80. The molecular weight excluding hydrogens is 430 g/mol. The fraction of sp³-hybridized carbons (Fsp3) is 0.522. The van der Waals surface area contributed by atoms with E-state index in [9.17, 15) is 9.59 Å². The highest BCUT2D eigenvalue weighted by Crippen LogP contribution is 2.37. The standard InChI is InChI=1S/C23H31N3O3S2/c1-13(2)15-6-5-7-16(14(3)4)20(15)21(24)18-8-9-19(27)26(18)10-11-30-23-25-17(12-31-23)22(28)29/h5-7,12-14,18,21H,8-11,24H2,1-4H3,(H,28,29)/t18-,21?/m1/s1. The second-order valence-corrected chi connectivity index (χ2v) is 10.7. The first kappa shape index (κ1) is 23.8. The number of carboxylic acids is 1. The maximum Gasteiger partial charge on any atom is 0.355 e. The zero-order valence-electron chi connectivity index (χ0n) is 18.5. The van der Waals surface area contributed by atoms with Crippen LogP contribution in [-0.4, -0.2) is 45.2 Å². The molecule has 31 heavy (non-hydrogen) atoms. The molecule has 0 aliphatic carbocycles. The van der Waals surface area contributed by atoms with Gasteiger partial charge < -0.3 is 15.7 Å². The van der Waals surface area contributed by atoms with Crippen molar-refractivity contribution in [3.05, 3.63) is 46.0 Å². The average Bonchev–Trinajstić information content (AvgIpc) is 3.34. The van der Waals surface area contributed by atoms with E-state index < -0.39 is 5.97 Å². The van der Waals surface area contributed by atoms with Crippen LogP contribution >= 0.6 is 23.1 Å². The molecule has 168 valence electrons. The normalized spacial score (nSPS) is 17.7. The van der Waals surface area contributed by atoms with Gasteiger partial charge in [0.2, 0.25) is 5.91 Å². The van der Waals surface area contributed by atoms with Gasteiger partial charge in [-0.2, -0.15) is 0 Å². The lowest BCUT2D eigenvalue weighted by Gasteiger charge is -2.33. The molecule has 1 aliphatic rings. The number of nitrogens with zero attached hydrogens (tertiary/aromatic N) is 2. The van der Waals surface area contributed by atoms with E-state index >= 15 is 0 Å². The third-order valence-corrected chi connectivity index (χ3v) is 7.80. The minimum absolute atomic E-state index is 0.0311. The molecule has 8 heteroatoms. The summed E-state index contributed by atoms with van der Waals surface area (Å²) in [6.45, 7) is 9.31. The molecule has 2 aromatic rings. The topological polar surface area (TPSA) is 96.5 Å². The molecule has 6 nitrogen and oxygen atoms in total. The monoisotopic (exact) mass is 461 g/mol. The number of thiazole rings is 1. The second kappa shape index (κ2) is 10.1. The van der Waals surface area contributed by atoms with Crippen LogP contribution in [0.3, 0.4) is 0 Å². The van der Waals surface area contributed by atoms with Crippen LogP contribution in [0.5, 0.6) is 0 Å². The van der Waals surface area contributed by atoms with Crippen molar-refractivity contribution in [1.82, 2.24) is 9.88 Å². The van der Waals surface area contributed by atoms with E-state index in [0.29, 0.717) is 34.9 Å². The Hall–Kier alpha value is -1.90. The number of likely N-dealkylation sites (tertiary alicyclic amines) is 1. The van der Waals surface area contributed by atoms with Crippen LogP contribution in [0, 0.1) is 0 Å². The Kier molecular flexibility index (Phi) is 7.78. The number of rotatable bonds is 9. The van der Waals surface area contributed by atoms with Gasteiger partial charge in [0.15, 0.2) is 10.0 Å². The van der Waals surface area contributed by atoms with Gasteiger partial charge in [0.05, 0.1) is 12.1 Å². The number of hydrogen-bond acceptors (Lipinski definition) is 6. The van der Waals surface area contributed by atoms with E-state index in [-0.39, 0.29) is 23.7 Å². The van der Waals surface area contributed by atoms with E-state index in [4.69, 9.17) is 10.8 Å². The number of amides is 1. The number of carbonyl (C=O) groups excluding carboxylic acids is 1. The molecule has 1 aliphatic heterocycles. The highest BCUT2D eigenvalue weighted by atomic mass is 32.2. The number of hydrogen-bond donors (Lipinski definition) is 2. The molecule has 1 amide bonds. The smallest absolute Gasteiger partial charge is 0.355 e. The Morgan fingerprint density at radius 3 is 2.48 bits per heavy atom. The largest absolute Gasteiger partial charge is 0.476 e. The summed E-state index contributed by atoms with van der Waals surface area (Å²) in [7, 11) is 0. The molecule has 1 unspecified atom stereocenters. The van der Waals surface area contributed by atoms with Crippen LogP contribution < -0.4 is 5.73 Å². The number of benzene rings is 1. The minimum Gasteiger partial charge on any atom is -0.476 e. The maximum atomic E-state index is 12.7. The molecule has 1 aromatic heterocycles. The molecule has 0 saturated carbocycles. The maximum absolute atomic E-state index is 12.7. The first-order valence-corrected chi connectivity index (χ1v) is 12.6. The van der Waals surface area contributed by atoms with E-state index in [1.165, 1.54) is 39.8 Å². The van der Waals surface area contributed by atoms with Gasteiger partial charge in [-0.05, 0) is 34.9 Å². The van der Waals surface area contributed by atoms with Crippen molar-refractivity contribution < 1.29 is 14.7 Å². The zero-order chi connectivity index (χ0) is 22.7. The van der Waals surface area contributed by atoms with Gasteiger partial charge in [0.1, 0.15) is 0 Å². The van der Waals surface area contributed by atoms with E-state index in [1.807, 2.05) is 4.90 Å². The molecule has 3 N–H and O–H groups in total. The Morgan fingerprint density at radius 2 is 1.94 bits per heavy atom. The number of aromatic nitrogens is 1. The van der Waals surface area contributed by atoms with Crippen molar-refractivity contribution in [2.45, 2.75) is 68.8 Å². The summed E-state index contributed by atoms with van der Waals surface area (Å²) in [6.07, 6.45) is 1.28. The van der Waals surface area contributed by atoms with Gasteiger partial charge in [-0.15, -0.1) is 11.3 Å². The van der Waals surface area contributed by atoms with Crippen molar-refractivity contribution in [3.63, 3.8) is 0 Å². The highest BCUT2D eigenvalue weighted by Gasteiger charge is 2.37. The number of carbonyl (C=O) groups is 2. The first-order chi connectivity index (χ1) is 14.7. The van der Waals surface area contributed by atoms with Crippen molar-refractivity contribution in [2.75, 3.05) is 12.3 Å². The van der Waals surface area contributed by atoms with Gasteiger partial charge in [-0.3, -0.25) is 4.79 Å². The van der Waals surface area contributed by atoms with E-state index in [0.717, 1.165) is 6.42 Å². The second-order valence-electron chi connectivity index (χ2n) is 8.53. The molecule has 2 heterocycles. The number of aromatic carboxylic acids is 1. The van der Waals surface area contributed by atoms with Gasteiger partial charge in [-0.1, -0.05) is 57.7 Å². The van der Waals surface area contributed by atoms with Crippen LogP contribution in [0.4, 0.5) is 0 Å². The summed E-state index contributed by atoms with van der Waals surface area (Å²) in [4.78, 5) is 29.7. The molecule has 2 atom stereocenters. The van der Waals surface area contributed by atoms with Crippen molar-refractivity contribution in [2.24, 2.45) is 5.73 Å². The number of carboxylic acid groups (broad SMARTS) is 1. The lowest BCUT2D eigenvalue weighted by molar-refractivity contribution is -0.128. The Balaban J connectivity index is 1.77. The van der Waals surface area contributed by atoms with Gasteiger partial charge in [0, 0.05) is 24.1 Å². The van der Waals surface area contributed by atoms with Crippen molar-refractivity contribution in [3.8, 4) is 0 Å². The van der Waals surface area contributed by atoms with Crippen molar-refractivity contribution >= 4 is 35.0 Å². The van der Waals surface area contributed by atoms with Crippen LogP contribution in [0.1, 0.15) is 85.6 Å². The van der Waals surface area contributed by atoms with Gasteiger partial charge in [0.25, 0.3) is 0 Å². The van der Waals surface area contributed by atoms with E-state index in [1.54, 1.807) is 5.38 Å². The third kappa shape index (κ3) is 5.30. The SMILES string of the molecule is CC(C)c1cccc(C(C)C)c1C(N)[C@H]1CCC(=O)N1CCSc1nc(C(=O)O)cs1. The predicted octanol–water partition coefficient (Wildman–Crippen LogP) is 4.87. The molecule has 1 aromatic carbocycles. The Morgan fingerprint density at radius 1 is 1.29 bits per heavy atom. The Bertz CT molecular complexity index is 916. The fourth-order valence-electron chi connectivity index (χ4n) is 4.26. The summed E-state index contributed by atoms with van der Waals surface area (Å²) in [5.74, 6) is 0.487. The number of thioether (sulfide) groups is 1. The predicted molar refractivity (Wildman–Crippen MR) is 126 cm³/mol. The van der Waals surface area contributed by atoms with Crippen LogP contribution in [0.25, 0.3) is 0 Å². The van der Waals surface area contributed by atoms with Crippen LogP contribution in [0.15, 0.2) is 27.9 Å². The lowest BCUT2D eigenvalue weighted by Crippen LogP contribution is -2.42. The molecule has 1 saturated heterocycles. The molecule has 0 radical (unpaired) electrons. The summed E-state index contributed by atoms with van der Waals surface area (Å²) in [5.41, 5.74) is 10.7. The fourth-order valence-corrected chi connectivity index (χ4v) is 6.07. The number of nitrogens with two attached hydrogens (primary N) is 1. The van der Waals surface area contributed by atoms with Crippen LogP contribution in [0.2, 0.25) is 0 Å². The minimum atomic E-state index is -1.02. The zero-order valence-corrected chi connectivity index (χ0v) is 20.1. The molecule has 0 spiro atoms. The molecule has 3 rings (SSSR count). The van der Waals surface area contributed by atoms with Crippen LogP contribution in [-0.2, 0) is 4.79 Å². The highest BCUT2D eigenvalue weighted by molar-refractivity contribution is 8.01. The van der Waals surface area contributed by atoms with Crippen molar-refractivity contribution in [1.29, 1.82) is 0 Å². The summed E-state index contributed by atoms with van der Waals surface area (Å²) in [5, 5.41) is 10.6. The molecule has 0 bridgehead atoms. The molecule has 1 fully saturated rings.